The number of rotatable bonds is 18. The normalized spacial score (nSPS) is 13.8. The molecule has 0 fully saturated rings. The van der Waals surface area contributed by atoms with Crippen LogP contribution >= 0.6 is 10.0 Å². The van der Waals surface area contributed by atoms with Crippen molar-refractivity contribution in [1.82, 2.24) is 4.57 Å². The summed E-state index contributed by atoms with van der Waals surface area (Å²) in [5.74, 6) is 3.11. The number of aromatic nitrogens is 1. The molecule has 1 aliphatic rings. The van der Waals surface area contributed by atoms with Crippen LogP contribution in [0.25, 0.3) is 84.2 Å². The molecule has 400 valence electrons. The van der Waals surface area contributed by atoms with Crippen molar-refractivity contribution >= 4 is 61.0 Å². The first-order valence-corrected chi connectivity index (χ1v) is 31.3. The molecule has 0 saturated heterocycles. The van der Waals surface area contributed by atoms with Gasteiger partial charge in [-0.2, -0.15) is 0 Å². The lowest BCUT2D eigenvalue weighted by atomic mass is 9.69. The Morgan fingerprint density at radius 1 is 0.439 bits per heavy atom. The van der Waals surface area contributed by atoms with Crippen LogP contribution in [0.5, 0.6) is 5.75 Å². The van der Waals surface area contributed by atoms with Crippen LogP contribution in [0, 0.1) is 0 Å². The first-order valence-electron chi connectivity index (χ1n) is 28.5. The van der Waals surface area contributed by atoms with Crippen molar-refractivity contribution in [3.8, 4) is 55.9 Å². The predicted molar refractivity (Wildman–Crippen MR) is 354 cm³/mol. The van der Waals surface area contributed by atoms with Gasteiger partial charge in [-0.1, -0.05) is 207 Å². The SMILES string of the molecule is C=Cc1ccc(OCCS(C)(C)CCCC2(c3ccccc3)c3ccccc3-c3ccc(N(c4ccc(-c5ccccc5)cc4)c4ccc(-c5ccc6c(c5)c5cc(-c7ccc(C=C)cc7)ccc5n6-c5ccccc5)cc4)cc32)cc1. The van der Waals surface area contributed by atoms with E-state index in [9.17, 15) is 0 Å². The molecule has 12 aromatic rings. The number of benzene rings is 11. The van der Waals surface area contributed by atoms with E-state index < -0.39 is 10.0 Å². The van der Waals surface area contributed by atoms with E-state index >= 15 is 0 Å². The number of para-hydroxylation sites is 1. The molecule has 1 unspecified atom stereocenters. The number of hydrogen-bond donors (Lipinski definition) is 0. The minimum atomic E-state index is -0.960. The second-order valence-electron chi connectivity index (χ2n) is 22.2. The Bertz CT molecular complexity index is 4240. The molecule has 4 heteroatoms. The van der Waals surface area contributed by atoms with Gasteiger partial charge in [-0.3, -0.25) is 0 Å². The maximum atomic E-state index is 6.31. The van der Waals surface area contributed by atoms with E-state index in [1.165, 1.54) is 77.4 Å². The van der Waals surface area contributed by atoms with E-state index in [0.717, 1.165) is 69.5 Å². The smallest absolute Gasteiger partial charge is 0.119 e. The Hall–Kier alpha value is -9.35. The molecular weight excluding hydrogens is 1010 g/mol. The van der Waals surface area contributed by atoms with Crippen LogP contribution in [0.2, 0.25) is 0 Å². The summed E-state index contributed by atoms with van der Waals surface area (Å²) in [6.07, 6.45) is 10.8. The summed E-state index contributed by atoms with van der Waals surface area (Å²) in [6.45, 7) is 8.60. The lowest BCUT2D eigenvalue weighted by molar-refractivity contribution is 0.343. The zero-order valence-corrected chi connectivity index (χ0v) is 47.5. The van der Waals surface area contributed by atoms with Gasteiger partial charge in [0.25, 0.3) is 0 Å². The molecule has 1 atom stereocenters. The molecule has 0 N–H and O–H groups in total. The highest BCUT2D eigenvalue weighted by molar-refractivity contribution is 8.32. The predicted octanol–water partition coefficient (Wildman–Crippen LogP) is 20.8. The van der Waals surface area contributed by atoms with Crippen LogP contribution in [-0.2, 0) is 5.41 Å². The van der Waals surface area contributed by atoms with Crippen LogP contribution in [0.3, 0.4) is 0 Å². The first-order chi connectivity index (χ1) is 40.3. The molecule has 0 bridgehead atoms. The monoisotopic (exact) mass is 1080 g/mol. The zero-order valence-electron chi connectivity index (χ0n) is 46.7. The maximum absolute atomic E-state index is 6.31. The molecule has 3 nitrogen and oxygen atoms in total. The number of ether oxygens (including phenoxy) is 1. The van der Waals surface area contributed by atoms with E-state index in [1.54, 1.807) is 0 Å². The molecule has 13 rings (SSSR count). The lowest BCUT2D eigenvalue weighted by Crippen LogP contribution is -2.28. The van der Waals surface area contributed by atoms with E-state index in [4.69, 9.17) is 4.74 Å². The molecule has 0 aliphatic heterocycles. The van der Waals surface area contributed by atoms with Gasteiger partial charge in [-0.05, 0) is 188 Å². The lowest BCUT2D eigenvalue weighted by Gasteiger charge is -2.37. The molecule has 0 radical (unpaired) electrons. The fourth-order valence-corrected chi connectivity index (χ4v) is 14.3. The highest BCUT2D eigenvalue weighted by Gasteiger charge is 2.44. The molecular formula is C78H66N2OS. The summed E-state index contributed by atoms with van der Waals surface area (Å²) in [5, 5.41) is 2.44. The number of hydrogen-bond acceptors (Lipinski definition) is 2. The van der Waals surface area contributed by atoms with Gasteiger partial charge < -0.3 is 14.2 Å². The molecule has 1 heterocycles. The van der Waals surface area contributed by atoms with Gasteiger partial charge in [0.15, 0.2) is 0 Å². The summed E-state index contributed by atoms with van der Waals surface area (Å²) in [6, 6.07) is 98.2. The summed E-state index contributed by atoms with van der Waals surface area (Å²) >= 11 is 0. The van der Waals surface area contributed by atoms with Crippen molar-refractivity contribution in [1.29, 1.82) is 0 Å². The van der Waals surface area contributed by atoms with Gasteiger partial charge in [0, 0.05) is 44.7 Å². The van der Waals surface area contributed by atoms with Gasteiger partial charge in [-0.15, -0.1) is 0 Å². The number of nitrogens with zero attached hydrogens (tertiary/aromatic N) is 2. The fraction of sp³-hybridized carbons (Fsp3) is 0.103. The highest BCUT2D eigenvalue weighted by atomic mass is 32.3. The molecule has 1 aliphatic carbocycles. The summed E-state index contributed by atoms with van der Waals surface area (Å²) in [4.78, 5) is 2.45. The van der Waals surface area contributed by atoms with Crippen LogP contribution in [-0.4, -0.2) is 35.2 Å². The van der Waals surface area contributed by atoms with E-state index in [-0.39, 0.29) is 5.41 Å². The van der Waals surface area contributed by atoms with Gasteiger partial charge >= 0.3 is 0 Å². The standard InChI is InChI=1S/C78H66N2OS/c1-5-56-27-31-60(32-28-56)62-37-47-76-72(53-62)73-54-63(38-48-77(73)80(76)65-23-14-9-15-24-65)61-35-41-67(42-36-61)79(66-39-33-59(34-40-66)58-19-10-7-11-20-58)68-43-46-71-70-25-16-17-26-74(70)78(75(71)55-68,64-21-12-8-13-22-64)49-18-51-82(3,4)52-50-81-69-44-29-57(6-2)30-45-69/h5-17,19-48,53-55H,1-2,18,49-52H2,3-4H3. The quantitative estimate of drug-likeness (QED) is 0.0852. The van der Waals surface area contributed by atoms with Gasteiger partial charge in [0.1, 0.15) is 5.75 Å². The Kier molecular flexibility index (Phi) is 14.2. The number of anilines is 3. The average molecular weight is 1080 g/mol. The summed E-state index contributed by atoms with van der Waals surface area (Å²) < 4.78 is 8.71. The Balaban J connectivity index is 0.883. The van der Waals surface area contributed by atoms with Crippen molar-refractivity contribution in [2.45, 2.75) is 18.3 Å². The van der Waals surface area contributed by atoms with E-state index in [1.807, 2.05) is 12.2 Å². The second kappa shape index (κ2) is 22.3. The van der Waals surface area contributed by atoms with Crippen molar-refractivity contribution in [2.75, 3.05) is 35.5 Å². The van der Waals surface area contributed by atoms with Gasteiger partial charge in [0.2, 0.25) is 0 Å². The second-order valence-corrected chi connectivity index (χ2v) is 26.6. The zero-order chi connectivity index (χ0) is 55.6. The summed E-state index contributed by atoms with van der Waals surface area (Å²) in [7, 11) is -0.960. The van der Waals surface area contributed by atoms with E-state index in [2.05, 4.69) is 302 Å². The van der Waals surface area contributed by atoms with Crippen molar-refractivity contribution in [2.24, 2.45) is 0 Å². The maximum Gasteiger partial charge on any atom is 0.119 e. The average Bonchev–Trinajstić information content (AvgIpc) is 4.07. The number of fused-ring (bicyclic) bond motifs is 6. The third kappa shape index (κ3) is 9.94. The molecule has 82 heavy (non-hydrogen) atoms. The Morgan fingerprint density at radius 3 is 1.51 bits per heavy atom. The third-order valence-electron chi connectivity index (χ3n) is 16.9. The topological polar surface area (TPSA) is 17.4 Å². The highest BCUT2D eigenvalue weighted by Crippen LogP contribution is 2.57. The van der Waals surface area contributed by atoms with Crippen LogP contribution in [0.1, 0.15) is 40.7 Å². The fourth-order valence-electron chi connectivity index (χ4n) is 12.6. The van der Waals surface area contributed by atoms with Crippen molar-refractivity contribution in [3.63, 3.8) is 0 Å². The minimum absolute atomic E-state index is 0.353. The van der Waals surface area contributed by atoms with Gasteiger partial charge in [0.05, 0.1) is 17.6 Å². The van der Waals surface area contributed by atoms with Crippen molar-refractivity contribution in [3.05, 3.63) is 308 Å². The Morgan fingerprint density at radius 2 is 0.915 bits per heavy atom. The van der Waals surface area contributed by atoms with Crippen molar-refractivity contribution < 1.29 is 4.74 Å². The first kappa shape index (κ1) is 52.0. The van der Waals surface area contributed by atoms with Crippen LogP contribution < -0.4 is 9.64 Å². The largest absolute Gasteiger partial charge is 0.493 e. The molecule has 11 aromatic carbocycles. The van der Waals surface area contributed by atoms with Gasteiger partial charge in [-0.25, -0.2) is 10.0 Å². The Labute approximate surface area is 485 Å². The molecule has 0 spiro atoms. The van der Waals surface area contributed by atoms with E-state index in [0.29, 0.717) is 6.61 Å². The third-order valence-corrected chi connectivity index (χ3v) is 19.6. The minimum Gasteiger partial charge on any atom is -0.493 e. The van der Waals surface area contributed by atoms with Crippen LogP contribution in [0.4, 0.5) is 17.1 Å². The summed E-state index contributed by atoms with van der Waals surface area (Å²) in [5.41, 5.74) is 22.5. The molecule has 0 amide bonds. The van der Waals surface area contributed by atoms with Crippen LogP contribution in [0.15, 0.2) is 280 Å². The molecule has 0 saturated carbocycles. The molecule has 1 aromatic heterocycles.